The van der Waals surface area contributed by atoms with Crippen molar-refractivity contribution in [3.8, 4) is 0 Å². The van der Waals surface area contributed by atoms with Crippen LogP contribution in [0.25, 0.3) is 0 Å². The van der Waals surface area contributed by atoms with Crippen molar-refractivity contribution >= 4 is 12.1 Å². The number of carbonyl (C=O) groups is 2. The van der Waals surface area contributed by atoms with Gasteiger partial charge in [-0.15, -0.1) is 0 Å². The van der Waals surface area contributed by atoms with Gasteiger partial charge >= 0.3 is 12.1 Å². The summed E-state index contributed by atoms with van der Waals surface area (Å²) in [5.41, 5.74) is 1.27. The molecule has 6 nitrogen and oxygen atoms in total. The maximum atomic E-state index is 13.1. The molecule has 0 spiro atoms. The van der Waals surface area contributed by atoms with Crippen LogP contribution in [0.5, 0.6) is 0 Å². The van der Waals surface area contributed by atoms with Crippen molar-refractivity contribution in [2.75, 3.05) is 6.61 Å². The van der Waals surface area contributed by atoms with Crippen LogP contribution in [0.15, 0.2) is 72.8 Å². The Kier molecular flexibility index (Phi) is 8.14. The SMILES string of the molecule is CC(C)(C)OC(=O)N1[C@H](C(=O)OCc2ccccc2)C[C@@]2(/C=C\CCCOCc3ccccc3)C[C@@H]12. The third-order valence-corrected chi connectivity index (χ3v) is 6.64. The number of likely N-dealkylation sites (tertiary alicyclic amines) is 1. The number of benzene rings is 2. The molecule has 192 valence electrons. The van der Waals surface area contributed by atoms with Crippen molar-refractivity contribution in [1.29, 1.82) is 0 Å². The highest BCUT2D eigenvalue weighted by Gasteiger charge is 2.67. The van der Waals surface area contributed by atoms with Gasteiger partial charge in [-0.05, 0) is 57.6 Å². The fourth-order valence-electron chi connectivity index (χ4n) is 4.79. The summed E-state index contributed by atoms with van der Waals surface area (Å²) in [4.78, 5) is 27.7. The van der Waals surface area contributed by atoms with E-state index in [1.807, 2.05) is 69.3 Å². The highest BCUT2D eigenvalue weighted by molar-refractivity contribution is 5.84. The Morgan fingerprint density at radius 1 is 0.972 bits per heavy atom. The van der Waals surface area contributed by atoms with Crippen LogP contribution in [0.1, 0.15) is 57.6 Å². The zero-order valence-electron chi connectivity index (χ0n) is 21.5. The van der Waals surface area contributed by atoms with Gasteiger partial charge in [0.1, 0.15) is 18.2 Å². The number of piperidine rings is 1. The third-order valence-electron chi connectivity index (χ3n) is 6.64. The molecule has 1 saturated heterocycles. The lowest BCUT2D eigenvalue weighted by atomic mass is 9.98. The topological polar surface area (TPSA) is 65.1 Å². The molecule has 1 aliphatic carbocycles. The van der Waals surface area contributed by atoms with Crippen molar-refractivity contribution in [2.24, 2.45) is 5.41 Å². The molecule has 0 bridgehead atoms. The smallest absolute Gasteiger partial charge is 0.411 e. The number of unbranched alkanes of at least 4 members (excludes halogenated alkanes) is 1. The van der Waals surface area contributed by atoms with E-state index in [9.17, 15) is 9.59 Å². The molecule has 1 amide bonds. The Morgan fingerprint density at radius 3 is 2.25 bits per heavy atom. The normalized spacial score (nSPS) is 22.9. The van der Waals surface area contributed by atoms with Gasteiger partial charge < -0.3 is 14.2 Å². The number of fused-ring (bicyclic) bond motifs is 1. The number of esters is 1. The largest absolute Gasteiger partial charge is 0.459 e. The van der Waals surface area contributed by atoms with Gasteiger partial charge in [-0.3, -0.25) is 4.90 Å². The van der Waals surface area contributed by atoms with Gasteiger partial charge in [-0.1, -0.05) is 72.8 Å². The number of allylic oxidation sites excluding steroid dienone is 1. The lowest BCUT2D eigenvalue weighted by Gasteiger charge is -2.29. The first-order valence-electron chi connectivity index (χ1n) is 12.8. The van der Waals surface area contributed by atoms with Crippen LogP contribution in [0, 0.1) is 5.41 Å². The summed E-state index contributed by atoms with van der Waals surface area (Å²) < 4.78 is 17.0. The van der Waals surface area contributed by atoms with E-state index in [2.05, 4.69) is 24.3 Å². The van der Waals surface area contributed by atoms with Crippen LogP contribution in [0.2, 0.25) is 0 Å². The zero-order chi connectivity index (χ0) is 25.6. The minimum Gasteiger partial charge on any atom is -0.459 e. The lowest BCUT2D eigenvalue weighted by molar-refractivity contribution is -0.150. The van der Waals surface area contributed by atoms with Crippen molar-refractivity contribution in [1.82, 2.24) is 4.90 Å². The number of hydrogen-bond acceptors (Lipinski definition) is 5. The Balaban J connectivity index is 1.31. The quantitative estimate of drug-likeness (QED) is 0.230. The third kappa shape index (κ3) is 6.76. The van der Waals surface area contributed by atoms with Gasteiger partial charge in [-0.25, -0.2) is 9.59 Å². The first kappa shape index (κ1) is 26.0. The van der Waals surface area contributed by atoms with Crippen molar-refractivity contribution in [3.63, 3.8) is 0 Å². The van der Waals surface area contributed by atoms with E-state index in [1.165, 1.54) is 5.56 Å². The Morgan fingerprint density at radius 2 is 1.61 bits per heavy atom. The molecular weight excluding hydrogens is 454 g/mol. The number of nitrogens with zero attached hydrogens (tertiary/aromatic N) is 1. The van der Waals surface area contributed by atoms with E-state index in [1.54, 1.807) is 4.90 Å². The van der Waals surface area contributed by atoms with Crippen LogP contribution in [0.3, 0.4) is 0 Å². The molecule has 2 aliphatic rings. The molecule has 0 unspecified atom stereocenters. The molecule has 2 aromatic rings. The van der Waals surface area contributed by atoms with Gasteiger partial charge in [-0.2, -0.15) is 0 Å². The van der Waals surface area contributed by atoms with Crippen LogP contribution in [-0.4, -0.2) is 41.3 Å². The molecule has 6 heteroatoms. The summed E-state index contributed by atoms with van der Waals surface area (Å²) in [6.07, 6.45) is 7.12. The number of rotatable bonds is 10. The second-order valence-corrected chi connectivity index (χ2v) is 10.7. The monoisotopic (exact) mass is 491 g/mol. The minimum absolute atomic E-state index is 0.0350. The molecule has 4 rings (SSSR count). The van der Waals surface area contributed by atoms with E-state index in [4.69, 9.17) is 14.2 Å². The first-order valence-corrected chi connectivity index (χ1v) is 12.8. The van der Waals surface area contributed by atoms with Gasteiger partial charge in [0.15, 0.2) is 0 Å². The second-order valence-electron chi connectivity index (χ2n) is 10.7. The average Bonchev–Trinajstić information content (AvgIpc) is 3.45. The standard InChI is InChI=1S/C30H37NO5/c1-29(2,3)36-28(33)31-25(27(32)35-22-24-15-9-5-10-16-24)19-30(20-26(30)31)17-11-6-12-18-34-21-23-13-7-4-8-14-23/h4-5,7-11,13-17,25-26H,6,12,18-22H2,1-3H3/b17-11-/t25-,26+,30-/m0/s1. The molecule has 1 heterocycles. The molecule has 2 fully saturated rings. The Labute approximate surface area is 214 Å². The Bertz CT molecular complexity index is 1050. The maximum absolute atomic E-state index is 13.1. The number of amides is 1. The first-order chi connectivity index (χ1) is 17.3. The van der Waals surface area contributed by atoms with Gasteiger partial charge in [0.05, 0.1) is 6.61 Å². The van der Waals surface area contributed by atoms with E-state index in [0.29, 0.717) is 19.6 Å². The zero-order valence-corrected chi connectivity index (χ0v) is 21.5. The molecular formula is C30H37NO5. The molecule has 3 atom stereocenters. The van der Waals surface area contributed by atoms with Gasteiger partial charge in [0.25, 0.3) is 0 Å². The highest BCUT2D eigenvalue weighted by atomic mass is 16.6. The van der Waals surface area contributed by atoms with Gasteiger partial charge in [0, 0.05) is 18.1 Å². The van der Waals surface area contributed by atoms with Crippen LogP contribution >= 0.6 is 0 Å². The summed E-state index contributed by atoms with van der Waals surface area (Å²) in [7, 11) is 0. The molecule has 36 heavy (non-hydrogen) atoms. The summed E-state index contributed by atoms with van der Waals surface area (Å²) in [5.74, 6) is -0.376. The summed E-state index contributed by atoms with van der Waals surface area (Å²) >= 11 is 0. The van der Waals surface area contributed by atoms with E-state index < -0.39 is 17.7 Å². The average molecular weight is 492 g/mol. The van der Waals surface area contributed by atoms with Crippen LogP contribution in [-0.2, 0) is 32.2 Å². The summed E-state index contributed by atoms with van der Waals surface area (Å²) in [6.45, 7) is 7.01. The van der Waals surface area contributed by atoms with E-state index in [0.717, 1.165) is 24.8 Å². The Hall–Kier alpha value is -3.12. The molecule has 0 radical (unpaired) electrons. The summed E-state index contributed by atoms with van der Waals surface area (Å²) in [5, 5.41) is 0. The fraction of sp³-hybridized carbons (Fsp3) is 0.467. The van der Waals surface area contributed by atoms with Crippen molar-refractivity contribution in [2.45, 2.75) is 77.4 Å². The lowest BCUT2D eigenvalue weighted by Crippen LogP contribution is -2.46. The van der Waals surface area contributed by atoms with Crippen molar-refractivity contribution < 1.29 is 23.8 Å². The van der Waals surface area contributed by atoms with Crippen LogP contribution < -0.4 is 0 Å². The summed E-state index contributed by atoms with van der Waals surface area (Å²) in [6, 6.07) is 19.0. The number of ether oxygens (including phenoxy) is 3. The predicted molar refractivity (Wildman–Crippen MR) is 138 cm³/mol. The molecule has 0 aromatic heterocycles. The molecule has 0 N–H and O–H groups in total. The molecule has 1 aliphatic heterocycles. The van der Waals surface area contributed by atoms with E-state index >= 15 is 0 Å². The minimum atomic E-state index is -0.638. The fourth-order valence-corrected chi connectivity index (χ4v) is 4.79. The van der Waals surface area contributed by atoms with E-state index in [-0.39, 0.29) is 24.0 Å². The second kappa shape index (κ2) is 11.3. The predicted octanol–water partition coefficient (Wildman–Crippen LogP) is 6.05. The van der Waals surface area contributed by atoms with Gasteiger partial charge in [0.2, 0.25) is 0 Å². The van der Waals surface area contributed by atoms with Crippen molar-refractivity contribution in [3.05, 3.63) is 83.9 Å². The number of hydrogen-bond donors (Lipinski definition) is 0. The van der Waals surface area contributed by atoms with Crippen LogP contribution in [0.4, 0.5) is 4.79 Å². The molecule has 1 saturated carbocycles. The molecule has 2 aromatic carbocycles. The number of carbonyl (C=O) groups excluding carboxylic acids is 2. The highest BCUT2D eigenvalue weighted by Crippen LogP contribution is 2.61. The maximum Gasteiger partial charge on any atom is 0.411 e.